The quantitative estimate of drug-likeness (QED) is 0.173. The van der Waals surface area contributed by atoms with E-state index in [1.165, 1.54) is 52.2 Å². The summed E-state index contributed by atoms with van der Waals surface area (Å²) in [6.45, 7) is 6.78. The molecule has 45 heavy (non-hydrogen) atoms. The topological polar surface area (TPSA) is 86.3 Å². The number of hydrogen-bond donors (Lipinski definition) is 1. The number of nitrogens with zero attached hydrogens (tertiary/aromatic N) is 5. The number of amides is 2. The fourth-order valence-electron chi connectivity index (χ4n) is 4.96. The molecule has 3 aromatic carbocycles. The van der Waals surface area contributed by atoms with Crippen molar-refractivity contribution in [2.75, 3.05) is 6.54 Å². The van der Waals surface area contributed by atoms with Crippen molar-refractivity contribution in [1.82, 2.24) is 24.6 Å². The van der Waals surface area contributed by atoms with Crippen molar-refractivity contribution < 1.29 is 22.7 Å². The van der Waals surface area contributed by atoms with E-state index in [0.29, 0.717) is 28.8 Å². The number of para-hydroxylation sites is 1. The zero-order valence-electron chi connectivity index (χ0n) is 25.1. The van der Waals surface area contributed by atoms with E-state index in [1.807, 2.05) is 53.3 Å². The molecule has 234 valence electrons. The van der Waals surface area contributed by atoms with Gasteiger partial charge in [-0.15, -0.1) is 29.6 Å². The number of thiazole rings is 1. The molecule has 0 aliphatic heterocycles. The number of rotatable bonds is 10. The average Bonchev–Trinajstić information content (AvgIpc) is 3.64. The van der Waals surface area contributed by atoms with Gasteiger partial charge in [-0.2, -0.15) is 4.99 Å². The second kappa shape index (κ2) is 13.9. The van der Waals surface area contributed by atoms with Crippen molar-refractivity contribution >= 4 is 17.4 Å². The molecule has 0 spiro atoms. The van der Waals surface area contributed by atoms with Crippen molar-refractivity contribution in [3.05, 3.63) is 106 Å². The summed E-state index contributed by atoms with van der Waals surface area (Å²) in [7, 11) is 0. The summed E-state index contributed by atoms with van der Waals surface area (Å²) >= 11 is 1.45. The first kappa shape index (κ1) is 31.7. The van der Waals surface area contributed by atoms with E-state index in [2.05, 4.69) is 51.1 Å². The fourth-order valence-corrected chi connectivity index (χ4v) is 5.82. The second-order valence-electron chi connectivity index (χ2n) is 10.7. The highest BCUT2D eigenvalue weighted by molar-refractivity contribution is 7.07. The molecule has 5 aromatic rings. The molecule has 0 radical (unpaired) electrons. The molecule has 1 unspecified atom stereocenters. The maximum absolute atomic E-state index is 12.7. The summed E-state index contributed by atoms with van der Waals surface area (Å²) in [4.78, 5) is 22.0. The largest absolute Gasteiger partial charge is 0.573 e. The van der Waals surface area contributed by atoms with E-state index in [1.54, 1.807) is 0 Å². The van der Waals surface area contributed by atoms with E-state index in [-0.39, 0.29) is 11.8 Å². The predicted octanol–water partition coefficient (Wildman–Crippen LogP) is 7.44. The summed E-state index contributed by atoms with van der Waals surface area (Å²) in [6, 6.07) is 21.2. The number of urea groups is 1. The highest BCUT2D eigenvalue weighted by atomic mass is 32.1. The SMILES string of the molecule is CCc1ccccc1-n1c(C)csc1=NC(=O)NCCC(C)Cc1ccc(-c2ncn(-c3ccc(OC(F)(F)F)cc3)n2)cc1. The third-order valence-corrected chi connectivity index (χ3v) is 8.17. The number of halogens is 3. The van der Waals surface area contributed by atoms with E-state index >= 15 is 0 Å². The van der Waals surface area contributed by atoms with E-state index < -0.39 is 6.36 Å². The molecule has 5 rings (SSSR count). The van der Waals surface area contributed by atoms with Crippen LogP contribution >= 0.6 is 11.3 Å². The molecule has 0 bridgehead atoms. The number of nitrogens with one attached hydrogen (secondary N) is 1. The van der Waals surface area contributed by atoms with Crippen molar-refractivity contribution in [2.24, 2.45) is 10.9 Å². The first-order valence-electron chi connectivity index (χ1n) is 14.5. The van der Waals surface area contributed by atoms with Gasteiger partial charge in [0.15, 0.2) is 10.6 Å². The Morgan fingerprint density at radius 2 is 1.80 bits per heavy atom. The Hall–Kier alpha value is -4.71. The lowest BCUT2D eigenvalue weighted by Crippen LogP contribution is -2.26. The molecular formula is C33H33F3N6O2S. The van der Waals surface area contributed by atoms with Gasteiger partial charge in [-0.05, 0) is 73.6 Å². The standard InChI is InChI=1S/C33H33F3N6O2S/c1-4-25-7-5-6-8-29(25)42-23(3)20-45-32(42)39-31(43)37-18-17-22(2)19-24-9-11-26(12-10-24)30-38-21-41(40-30)27-13-15-28(16-14-27)44-33(34,35)36/h5-16,20-22H,4,17-19H2,1-3H3,(H,37,43). The normalized spacial score (nSPS) is 12.7. The molecule has 12 heteroatoms. The maximum atomic E-state index is 12.7. The van der Waals surface area contributed by atoms with E-state index in [9.17, 15) is 18.0 Å². The zero-order valence-corrected chi connectivity index (χ0v) is 25.9. The molecule has 0 aliphatic rings. The van der Waals surface area contributed by atoms with Crippen LogP contribution in [0.15, 0.2) is 89.5 Å². The van der Waals surface area contributed by atoms with Gasteiger partial charge in [0, 0.05) is 23.2 Å². The Morgan fingerprint density at radius 1 is 1.07 bits per heavy atom. The van der Waals surface area contributed by atoms with Crippen molar-refractivity contribution in [3.63, 3.8) is 0 Å². The van der Waals surface area contributed by atoms with Crippen molar-refractivity contribution in [2.45, 2.75) is 46.4 Å². The molecule has 0 saturated heterocycles. The molecule has 8 nitrogen and oxygen atoms in total. The zero-order chi connectivity index (χ0) is 32.0. The van der Waals surface area contributed by atoms with Gasteiger partial charge in [0.05, 0.1) is 11.4 Å². The molecule has 2 heterocycles. The summed E-state index contributed by atoms with van der Waals surface area (Å²) in [6.07, 6.45) is -0.720. The maximum Gasteiger partial charge on any atom is 0.573 e. The average molecular weight is 635 g/mol. The van der Waals surface area contributed by atoms with Gasteiger partial charge in [-0.1, -0.05) is 56.3 Å². The lowest BCUT2D eigenvalue weighted by atomic mass is 9.97. The van der Waals surface area contributed by atoms with Crippen LogP contribution in [0.3, 0.4) is 0 Å². The number of aromatic nitrogens is 4. The van der Waals surface area contributed by atoms with Crippen LogP contribution in [0.4, 0.5) is 18.0 Å². The Morgan fingerprint density at radius 3 is 2.51 bits per heavy atom. The van der Waals surface area contributed by atoms with Gasteiger partial charge >= 0.3 is 12.4 Å². The lowest BCUT2D eigenvalue weighted by Gasteiger charge is -2.12. The van der Waals surface area contributed by atoms with Crippen LogP contribution < -0.4 is 14.9 Å². The fraction of sp³-hybridized carbons (Fsp3) is 0.273. The number of alkyl halides is 3. The Labute approximate surface area is 262 Å². The van der Waals surface area contributed by atoms with Crippen molar-refractivity contribution in [3.8, 4) is 28.5 Å². The Kier molecular flexibility index (Phi) is 9.82. The van der Waals surface area contributed by atoms with Crippen LogP contribution in [0, 0.1) is 12.8 Å². The minimum Gasteiger partial charge on any atom is -0.406 e. The summed E-state index contributed by atoms with van der Waals surface area (Å²) in [5.41, 5.74) is 5.79. The Balaban J connectivity index is 1.13. The van der Waals surface area contributed by atoms with Crippen LogP contribution in [-0.4, -0.2) is 38.3 Å². The second-order valence-corrected chi connectivity index (χ2v) is 11.5. The van der Waals surface area contributed by atoms with Crippen LogP contribution in [-0.2, 0) is 12.8 Å². The van der Waals surface area contributed by atoms with Crippen LogP contribution in [0.2, 0.25) is 0 Å². The molecule has 1 atom stereocenters. The molecule has 0 fully saturated rings. The molecule has 1 N–H and O–H groups in total. The van der Waals surface area contributed by atoms with E-state index in [0.717, 1.165) is 41.8 Å². The first-order valence-corrected chi connectivity index (χ1v) is 15.4. The number of aryl methyl sites for hydroxylation is 2. The monoisotopic (exact) mass is 634 g/mol. The van der Waals surface area contributed by atoms with Gasteiger partial charge in [0.25, 0.3) is 0 Å². The van der Waals surface area contributed by atoms with Crippen LogP contribution in [0.1, 0.15) is 37.1 Å². The molecule has 2 amide bonds. The highest BCUT2D eigenvalue weighted by Crippen LogP contribution is 2.24. The lowest BCUT2D eigenvalue weighted by molar-refractivity contribution is -0.274. The van der Waals surface area contributed by atoms with Crippen LogP contribution in [0.25, 0.3) is 22.8 Å². The summed E-state index contributed by atoms with van der Waals surface area (Å²) < 4.78 is 44.7. The third kappa shape index (κ3) is 8.27. The predicted molar refractivity (Wildman–Crippen MR) is 168 cm³/mol. The van der Waals surface area contributed by atoms with Crippen molar-refractivity contribution in [1.29, 1.82) is 0 Å². The van der Waals surface area contributed by atoms with Gasteiger partial charge in [-0.3, -0.25) is 4.57 Å². The first-order chi connectivity index (χ1) is 21.6. The number of carbonyl (C=O) groups excluding carboxylic acids is 1. The van der Waals surface area contributed by atoms with Crippen LogP contribution in [0.5, 0.6) is 5.75 Å². The number of hydrogen-bond acceptors (Lipinski definition) is 5. The molecule has 0 saturated carbocycles. The number of carbonyl (C=O) groups is 1. The molecule has 0 aliphatic carbocycles. The van der Waals surface area contributed by atoms with Gasteiger partial charge in [-0.25, -0.2) is 14.5 Å². The van der Waals surface area contributed by atoms with Gasteiger partial charge in [0.1, 0.15) is 12.1 Å². The minimum absolute atomic E-state index is 0.302. The molecule has 2 aromatic heterocycles. The summed E-state index contributed by atoms with van der Waals surface area (Å²) in [5, 5.41) is 9.40. The third-order valence-electron chi connectivity index (χ3n) is 7.23. The summed E-state index contributed by atoms with van der Waals surface area (Å²) in [5.74, 6) is 0.518. The molecular weight excluding hydrogens is 601 g/mol. The highest BCUT2D eigenvalue weighted by Gasteiger charge is 2.31. The minimum atomic E-state index is -4.74. The Bertz CT molecular complexity index is 1810. The number of benzene rings is 3. The van der Waals surface area contributed by atoms with Gasteiger partial charge < -0.3 is 10.1 Å². The van der Waals surface area contributed by atoms with Gasteiger partial charge in [0.2, 0.25) is 0 Å². The number of ether oxygens (including phenoxy) is 1. The smallest absolute Gasteiger partial charge is 0.406 e. The van der Waals surface area contributed by atoms with E-state index in [4.69, 9.17) is 0 Å².